The number of aryl methyl sites for hydroxylation is 1. The van der Waals surface area contributed by atoms with Gasteiger partial charge in [-0.15, -0.1) is 0 Å². The van der Waals surface area contributed by atoms with Crippen LogP contribution in [0.4, 0.5) is 0 Å². The number of carbonyl (C=O) groups excluding carboxylic acids is 1. The van der Waals surface area contributed by atoms with Crippen molar-refractivity contribution in [2.45, 2.75) is 31.8 Å². The molecule has 134 valence electrons. The summed E-state index contributed by atoms with van der Waals surface area (Å²) in [5, 5.41) is 1.12. The molecular formula is C22H20N3O2+. The Morgan fingerprint density at radius 2 is 2.07 bits per heavy atom. The van der Waals surface area contributed by atoms with Crippen LogP contribution in [0.25, 0.3) is 10.9 Å². The Labute approximate surface area is 156 Å². The molecule has 5 heteroatoms. The van der Waals surface area contributed by atoms with E-state index in [0.29, 0.717) is 5.76 Å². The number of rotatable bonds is 3. The number of carbonyl (C=O) groups is 1. The molecule has 0 amide bonds. The first-order valence-electron chi connectivity index (χ1n) is 9.25. The molecule has 3 heterocycles. The monoisotopic (exact) mass is 358 g/mol. The van der Waals surface area contributed by atoms with E-state index in [1.54, 1.807) is 0 Å². The molecule has 4 aromatic rings. The number of oxazole rings is 1. The van der Waals surface area contributed by atoms with Crippen molar-refractivity contribution in [1.29, 1.82) is 0 Å². The Morgan fingerprint density at radius 3 is 2.93 bits per heavy atom. The van der Waals surface area contributed by atoms with Gasteiger partial charge in [-0.25, -0.2) is 4.98 Å². The fourth-order valence-corrected chi connectivity index (χ4v) is 4.01. The van der Waals surface area contributed by atoms with Gasteiger partial charge in [0, 0.05) is 24.8 Å². The first-order chi connectivity index (χ1) is 13.2. The van der Waals surface area contributed by atoms with E-state index < -0.39 is 0 Å². The number of ketones is 1. The van der Waals surface area contributed by atoms with Gasteiger partial charge in [-0.3, -0.25) is 4.79 Å². The Hall–Kier alpha value is -3.21. The van der Waals surface area contributed by atoms with Gasteiger partial charge in [0.15, 0.2) is 30.6 Å². The quantitative estimate of drug-likeness (QED) is 0.522. The fourth-order valence-electron chi connectivity index (χ4n) is 4.01. The summed E-state index contributed by atoms with van der Waals surface area (Å²) in [5.41, 5.74) is 3.11. The second-order valence-electron chi connectivity index (χ2n) is 7.09. The summed E-state index contributed by atoms with van der Waals surface area (Å²) in [6.45, 7) is 2.19. The number of aromatic nitrogens is 3. The maximum atomic E-state index is 12.8. The zero-order chi connectivity index (χ0) is 18.4. The molecule has 0 N–H and O–H groups in total. The first-order valence-corrected chi connectivity index (χ1v) is 9.25. The van der Waals surface area contributed by atoms with E-state index in [2.05, 4.69) is 69.8 Å². The molecule has 1 aliphatic carbocycles. The molecule has 5 rings (SSSR count). The van der Waals surface area contributed by atoms with Crippen LogP contribution in [-0.2, 0) is 6.42 Å². The number of fused-ring (bicyclic) bond motifs is 2. The Balaban J connectivity index is 1.51. The van der Waals surface area contributed by atoms with Crippen LogP contribution >= 0.6 is 0 Å². The molecule has 0 saturated carbocycles. The summed E-state index contributed by atoms with van der Waals surface area (Å²) >= 11 is 0. The number of nitrogens with zero attached hydrogens (tertiary/aromatic N) is 3. The summed E-state index contributed by atoms with van der Waals surface area (Å²) in [7, 11) is 0. The van der Waals surface area contributed by atoms with Crippen LogP contribution in [-0.4, -0.2) is 15.3 Å². The summed E-state index contributed by atoms with van der Waals surface area (Å²) in [6.07, 6.45) is 9.12. The minimum absolute atomic E-state index is 0.0145. The molecule has 0 spiro atoms. The zero-order valence-corrected chi connectivity index (χ0v) is 15.1. The van der Waals surface area contributed by atoms with Crippen LogP contribution in [0, 0.1) is 0 Å². The molecule has 3 aromatic heterocycles. The second kappa shape index (κ2) is 6.20. The number of hydrogen-bond donors (Lipinski definition) is 0. The third-order valence-electron chi connectivity index (χ3n) is 5.57. The largest absolute Gasteiger partial charge is 0.440 e. The summed E-state index contributed by atoms with van der Waals surface area (Å²) < 4.78 is 9.61. The SMILES string of the molecule is CC(c1ccccc1)[n+]1ccc2c(ccn2C2CCc3ncoc3C2=O)c1. The van der Waals surface area contributed by atoms with Crippen molar-refractivity contribution in [3.63, 3.8) is 0 Å². The highest BCUT2D eigenvalue weighted by atomic mass is 16.3. The molecule has 5 nitrogen and oxygen atoms in total. The van der Waals surface area contributed by atoms with E-state index in [9.17, 15) is 4.79 Å². The van der Waals surface area contributed by atoms with Crippen molar-refractivity contribution in [3.05, 3.63) is 84.5 Å². The maximum Gasteiger partial charge on any atom is 0.222 e. The fraction of sp³-hybridized carbons (Fsp3) is 0.227. The molecule has 0 bridgehead atoms. The van der Waals surface area contributed by atoms with Gasteiger partial charge in [0.05, 0.1) is 16.6 Å². The molecule has 0 radical (unpaired) electrons. The second-order valence-corrected chi connectivity index (χ2v) is 7.09. The molecule has 1 aromatic carbocycles. The lowest BCUT2D eigenvalue weighted by Crippen LogP contribution is -2.37. The van der Waals surface area contributed by atoms with Gasteiger partial charge < -0.3 is 8.98 Å². The van der Waals surface area contributed by atoms with Gasteiger partial charge in [0.2, 0.25) is 5.78 Å². The van der Waals surface area contributed by atoms with Crippen molar-refractivity contribution in [1.82, 2.24) is 9.55 Å². The number of pyridine rings is 1. The van der Waals surface area contributed by atoms with Crippen LogP contribution in [0.2, 0.25) is 0 Å². The predicted octanol–water partition coefficient (Wildman–Crippen LogP) is 3.90. The molecule has 1 aliphatic rings. The molecule has 0 aliphatic heterocycles. The van der Waals surface area contributed by atoms with E-state index in [4.69, 9.17) is 4.42 Å². The molecule has 27 heavy (non-hydrogen) atoms. The van der Waals surface area contributed by atoms with Gasteiger partial charge in [-0.05, 0) is 18.9 Å². The Morgan fingerprint density at radius 1 is 1.22 bits per heavy atom. The maximum absolute atomic E-state index is 12.8. The van der Waals surface area contributed by atoms with E-state index in [1.165, 1.54) is 12.0 Å². The zero-order valence-electron chi connectivity index (χ0n) is 15.1. The molecule has 0 fully saturated rings. The van der Waals surface area contributed by atoms with Crippen LogP contribution < -0.4 is 4.57 Å². The third-order valence-corrected chi connectivity index (χ3v) is 5.57. The van der Waals surface area contributed by atoms with Crippen LogP contribution in [0.15, 0.2) is 71.9 Å². The number of hydrogen-bond acceptors (Lipinski definition) is 3. The van der Waals surface area contributed by atoms with Crippen molar-refractivity contribution < 1.29 is 13.8 Å². The number of Topliss-reactive ketones (excluding diaryl/α,β-unsaturated/α-hetero) is 1. The lowest BCUT2D eigenvalue weighted by molar-refractivity contribution is -0.709. The standard InChI is InChI=1S/C22H20N3O2/c1-15(16-5-3-2-4-6-16)24-11-10-19-17(13-24)9-12-25(19)20-8-7-18-22(21(20)26)27-14-23-18/h2-6,9-15,20H,7-8H2,1H3/q+1. The van der Waals surface area contributed by atoms with Crippen LogP contribution in [0.5, 0.6) is 0 Å². The average molecular weight is 358 g/mol. The van der Waals surface area contributed by atoms with E-state index in [-0.39, 0.29) is 17.9 Å². The molecule has 0 saturated heterocycles. The minimum Gasteiger partial charge on any atom is -0.440 e. The van der Waals surface area contributed by atoms with Crippen molar-refractivity contribution >= 4 is 16.7 Å². The highest BCUT2D eigenvalue weighted by molar-refractivity contribution is 5.99. The highest BCUT2D eigenvalue weighted by Gasteiger charge is 2.33. The van der Waals surface area contributed by atoms with Crippen LogP contribution in [0.1, 0.15) is 47.2 Å². The topological polar surface area (TPSA) is 51.9 Å². The molecule has 2 unspecified atom stereocenters. The summed E-state index contributed by atoms with van der Waals surface area (Å²) in [4.78, 5) is 17.0. The molecule has 2 atom stereocenters. The van der Waals surface area contributed by atoms with E-state index >= 15 is 0 Å². The Kier molecular flexibility index (Phi) is 3.67. The minimum atomic E-state index is -0.231. The van der Waals surface area contributed by atoms with Crippen molar-refractivity contribution in [3.8, 4) is 0 Å². The summed E-state index contributed by atoms with van der Waals surface area (Å²) in [6, 6.07) is 14.6. The lowest BCUT2D eigenvalue weighted by Gasteiger charge is -2.21. The summed E-state index contributed by atoms with van der Waals surface area (Å²) in [5.74, 6) is 0.428. The third kappa shape index (κ3) is 2.58. The van der Waals surface area contributed by atoms with E-state index in [0.717, 1.165) is 29.4 Å². The van der Waals surface area contributed by atoms with Crippen molar-refractivity contribution in [2.75, 3.05) is 0 Å². The van der Waals surface area contributed by atoms with Gasteiger partial charge in [-0.2, -0.15) is 4.57 Å². The van der Waals surface area contributed by atoms with E-state index in [1.807, 2.05) is 12.3 Å². The van der Waals surface area contributed by atoms with Gasteiger partial charge in [0.25, 0.3) is 0 Å². The van der Waals surface area contributed by atoms with Crippen molar-refractivity contribution in [2.24, 2.45) is 0 Å². The normalized spacial score (nSPS) is 17.8. The predicted molar refractivity (Wildman–Crippen MR) is 101 cm³/mol. The Bertz CT molecular complexity index is 1130. The smallest absolute Gasteiger partial charge is 0.222 e. The lowest BCUT2D eigenvalue weighted by atomic mass is 9.95. The average Bonchev–Trinajstić information content (AvgIpc) is 3.35. The van der Waals surface area contributed by atoms with Gasteiger partial charge in [-0.1, -0.05) is 30.3 Å². The molecular weight excluding hydrogens is 338 g/mol. The van der Waals surface area contributed by atoms with Crippen LogP contribution in [0.3, 0.4) is 0 Å². The van der Waals surface area contributed by atoms with Gasteiger partial charge in [0.1, 0.15) is 6.04 Å². The highest BCUT2D eigenvalue weighted by Crippen LogP contribution is 2.31. The van der Waals surface area contributed by atoms with Gasteiger partial charge >= 0.3 is 0 Å². The first kappa shape index (κ1) is 16.0. The number of benzene rings is 1.